The SMILES string of the molecule is CCC#CC(=O)C(C)NC(=O)OC(C)(C)C. The summed E-state index contributed by atoms with van der Waals surface area (Å²) < 4.78 is 5.01. The molecule has 0 aromatic carbocycles. The Labute approximate surface area is 96.7 Å². The van der Waals surface area contributed by atoms with Crippen molar-refractivity contribution in [1.29, 1.82) is 0 Å². The molecule has 0 aliphatic heterocycles. The highest BCUT2D eigenvalue weighted by Crippen LogP contribution is 2.06. The summed E-state index contributed by atoms with van der Waals surface area (Å²) in [6, 6.07) is -0.645. The molecule has 1 unspecified atom stereocenters. The third-order valence-corrected chi connectivity index (χ3v) is 1.51. The number of carbonyl (C=O) groups excluding carboxylic acids is 2. The highest BCUT2D eigenvalue weighted by Gasteiger charge is 2.19. The molecule has 16 heavy (non-hydrogen) atoms. The summed E-state index contributed by atoms with van der Waals surface area (Å²) in [7, 11) is 0. The summed E-state index contributed by atoms with van der Waals surface area (Å²) in [5.74, 6) is 4.79. The molecule has 1 amide bonds. The van der Waals surface area contributed by atoms with E-state index in [2.05, 4.69) is 17.2 Å². The van der Waals surface area contributed by atoms with Crippen LogP contribution in [0.25, 0.3) is 0 Å². The Bertz CT molecular complexity index is 317. The first-order valence-corrected chi connectivity index (χ1v) is 5.28. The second-order valence-electron chi connectivity index (χ2n) is 4.39. The van der Waals surface area contributed by atoms with E-state index in [0.717, 1.165) is 0 Å². The first-order valence-electron chi connectivity index (χ1n) is 5.28. The largest absolute Gasteiger partial charge is 0.444 e. The van der Waals surface area contributed by atoms with Crippen LogP contribution in [0.5, 0.6) is 0 Å². The minimum Gasteiger partial charge on any atom is -0.444 e. The second kappa shape index (κ2) is 6.16. The molecule has 1 N–H and O–H groups in total. The van der Waals surface area contributed by atoms with Crippen molar-refractivity contribution < 1.29 is 14.3 Å². The first-order chi connectivity index (χ1) is 7.26. The molecule has 0 aromatic rings. The summed E-state index contributed by atoms with van der Waals surface area (Å²) in [6.45, 7) is 8.71. The van der Waals surface area contributed by atoms with Gasteiger partial charge in [-0.25, -0.2) is 4.79 Å². The van der Waals surface area contributed by atoms with Crippen LogP contribution in [0.1, 0.15) is 41.0 Å². The van der Waals surface area contributed by atoms with Crippen molar-refractivity contribution in [2.75, 3.05) is 0 Å². The van der Waals surface area contributed by atoms with Gasteiger partial charge in [-0.05, 0) is 33.6 Å². The van der Waals surface area contributed by atoms with E-state index in [9.17, 15) is 9.59 Å². The van der Waals surface area contributed by atoms with Crippen molar-refractivity contribution >= 4 is 11.9 Å². The molecule has 90 valence electrons. The molecule has 0 rings (SSSR count). The lowest BCUT2D eigenvalue weighted by Crippen LogP contribution is -2.41. The quantitative estimate of drug-likeness (QED) is 0.576. The zero-order valence-electron chi connectivity index (χ0n) is 10.5. The number of amides is 1. The highest BCUT2D eigenvalue weighted by atomic mass is 16.6. The lowest BCUT2D eigenvalue weighted by Gasteiger charge is -2.20. The van der Waals surface area contributed by atoms with E-state index < -0.39 is 17.7 Å². The number of ketones is 1. The fraction of sp³-hybridized carbons (Fsp3) is 0.667. The minimum atomic E-state index is -0.645. The predicted octanol–water partition coefficient (Wildman–Crippen LogP) is 1.88. The van der Waals surface area contributed by atoms with E-state index >= 15 is 0 Å². The maximum absolute atomic E-state index is 11.4. The fourth-order valence-electron chi connectivity index (χ4n) is 0.834. The third-order valence-electron chi connectivity index (χ3n) is 1.51. The van der Waals surface area contributed by atoms with Crippen molar-refractivity contribution in [2.24, 2.45) is 0 Å². The van der Waals surface area contributed by atoms with Crippen LogP contribution < -0.4 is 5.32 Å². The van der Waals surface area contributed by atoms with E-state index in [-0.39, 0.29) is 5.78 Å². The number of Topliss-reactive ketones (excluding diaryl/α,β-unsaturated/α-hetero) is 1. The molecule has 0 aromatic heterocycles. The van der Waals surface area contributed by atoms with E-state index in [4.69, 9.17) is 4.74 Å². The minimum absolute atomic E-state index is 0.312. The highest BCUT2D eigenvalue weighted by molar-refractivity contribution is 6.00. The normalized spacial score (nSPS) is 12.1. The van der Waals surface area contributed by atoms with E-state index in [1.165, 1.54) is 0 Å². The number of hydrogen-bond acceptors (Lipinski definition) is 3. The number of carbonyl (C=O) groups is 2. The van der Waals surface area contributed by atoms with Gasteiger partial charge in [-0.2, -0.15) is 0 Å². The molecule has 0 saturated carbocycles. The zero-order valence-corrected chi connectivity index (χ0v) is 10.5. The lowest BCUT2D eigenvalue weighted by atomic mass is 10.2. The van der Waals surface area contributed by atoms with Gasteiger partial charge in [0.05, 0.1) is 0 Å². The second-order valence-corrected chi connectivity index (χ2v) is 4.39. The molecule has 1 atom stereocenters. The smallest absolute Gasteiger partial charge is 0.408 e. The molecule has 0 aliphatic rings. The van der Waals surface area contributed by atoms with E-state index in [0.29, 0.717) is 6.42 Å². The Morgan fingerprint density at radius 2 is 1.94 bits per heavy atom. The van der Waals surface area contributed by atoms with Crippen molar-refractivity contribution in [3.8, 4) is 11.8 Å². The summed E-state index contributed by atoms with van der Waals surface area (Å²) >= 11 is 0. The standard InChI is InChI=1S/C12H19NO3/c1-6-7-8-10(14)9(2)13-11(15)16-12(3,4)5/h9H,6H2,1-5H3,(H,13,15). The topological polar surface area (TPSA) is 55.4 Å². The van der Waals surface area contributed by atoms with Gasteiger partial charge in [0.2, 0.25) is 5.78 Å². The first kappa shape index (κ1) is 14.5. The van der Waals surface area contributed by atoms with Gasteiger partial charge in [-0.1, -0.05) is 12.8 Å². The van der Waals surface area contributed by atoms with Crippen LogP contribution in [0, 0.1) is 11.8 Å². The number of nitrogens with one attached hydrogen (secondary N) is 1. The number of hydrogen-bond donors (Lipinski definition) is 1. The Kier molecular flexibility index (Phi) is 5.59. The Balaban J connectivity index is 4.20. The van der Waals surface area contributed by atoms with Gasteiger partial charge >= 0.3 is 6.09 Å². The van der Waals surface area contributed by atoms with Crippen molar-refractivity contribution in [3.05, 3.63) is 0 Å². The Morgan fingerprint density at radius 3 is 2.38 bits per heavy atom. The maximum Gasteiger partial charge on any atom is 0.408 e. The Hall–Kier alpha value is -1.50. The molecule has 0 aliphatic carbocycles. The molecule has 0 radical (unpaired) electrons. The molecule has 0 saturated heterocycles. The lowest BCUT2D eigenvalue weighted by molar-refractivity contribution is -0.115. The van der Waals surface area contributed by atoms with Crippen LogP contribution >= 0.6 is 0 Å². The molecular formula is C12H19NO3. The summed E-state index contributed by atoms with van der Waals surface area (Å²) in [4.78, 5) is 22.7. The molecule has 0 heterocycles. The van der Waals surface area contributed by atoms with E-state index in [1.807, 2.05) is 6.92 Å². The molecule has 4 nitrogen and oxygen atoms in total. The Morgan fingerprint density at radius 1 is 1.38 bits per heavy atom. The molecule has 4 heteroatoms. The zero-order chi connectivity index (χ0) is 12.8. The van der Waals surface area contributed by atoms with Crippen molar-refractivity contribution in [3.63, 3.8) is 0 Å². The van der Waals surface area contributed by atoms with Crippen molar-refractivity contribution in [2.45, 2.75) is 52.7 Å². The summed E-state index contributed by atoms with van der Waals surface area (Å²) in [5, 5.41) is 2.43. The molecule has 0 fully saturated rings. The predicted molar refractivity (Wildman–Crippen MR) is 61.9 cm³/mol. The maximum atomic E-state index is 11.4. The summed E-state index contributed by atoms with van der Waals surface area (Å²) in [5.41, 5.74) is -0.568. The fourth-order valence-corrected chi connectivity index (χ4v) is 0.834. The average Bonchev–Trinajstić information content (AvgIpc) is 2.10. The van der Waals surface area contributed by atoms with Gasteiger partial charge in [0.25, 0.3) is 0 Å². The average molecular weight is 225 g/mol. The van der Waals surface area contributed by atoms with Crippen LogP contribution in [0.2, 0.25) is 0 Å². The number of rotatable bonds is 2. The van der Waals surface area contributed by atoms with Gasteiger partial charge in [-0.3, -0.25) is 4.79 Å². The number of alkyl carbamates (subject to hydrolysis) is 1. The summed E-state index contributed by atoms with van der Waals surface area (Å²) in [6.07, 6.45) is 0.0110. The van der Waals surface area contributed by atoms with Crippen molar-refractivity contribution in [1.82, 2.24) is 5.32 Å². The van der Waals surface area contributed by atoms with Crippen LogP contribution in [0.15, 0.2) is 0 Å². The van der Waals surface area contributed by atoms with Crippen LogP contribution in [0.3, 0.4) is 0 Å². The van der Waals surface area contributed by atoms with Gasteiger partial charge in [0, 0.05) is 6.42 Å². The number of ether oxygens (including phenoxy) is 1. The molecule has 0 spiro atoms. The third kappa shape index (κ3) is 6.88. The monoisotopic (exact) mass is 225 g/mol. The van der Waals surface area contributed by atoms with E-state index in [1.54, 1.807) is 27.7 Å². The molecule has 0 bridgehead atoms. The van der Waals surface area contributed by atoms with Gasteiger partial charge < -0.3 is 10.1 Å². The van der Waals surface area contributed by atoms with Crippen LogP contribution in [0.4, 0.5) is 4.79 Å². The van der Waals surface area contributed by atoms with Crippen LogP contribution in [-0.4, -0.2) is 23.5 Å². The van der Waals surface area contributed by atoms with Gasteiger partial charge in [-0.15, -0.1) is 0 Å². The van der Waals surface area contributed by atoms with Gasteiger partial charge in [0.1, 0.15) is 11.6 Å². The van der Waals surface area contributed by atoms with Crippen LogP contribution in [-0.2, 0) is 9.53 Å². The molecular weight excluding hydrogens is 206 g/mol. The van der Waals surface area contributed by atoms with Gasteiger partial charge in [0.15, 0.2) is 0 Å².